The number of hydrogen-bond acceptors (Lipinski definition) is 2. The molecule has 2 rings (SSSR count). The molecule has 0 N–H and O–H groups in total. The van der Waals surface area contributed by atoms with Gasteiger partial charge in [0.05, 0.1) is 4.34 Å². The van der Waals surface area contributed by atoms with Gasteiger partial charge in [-0.25, -0.2) is 0 Å². The predicted octanol–water partition coefficient (Wildman–Crippen LogP) is 4.02. The van der Waals surface area contributed by atoms with Gasteiger partial charge < -0.3 is 0 Å². The zero-order valence-electron chi connectivity index (χ0n) is 7.96. The van der Waals surface area contributed by atoms with E-state index in [4.69, 9.17) is 11.6 Å². The van der Waals surface area contributed by atoms with E-state index in [0.717, 1.165) is 35.6 Å². The fraction of sp³-hybridized carbons (Fsp3) is 0.545. The normalized spacial score (nSPS) is 23.5. The molecule has 1 fully saturated rings. The number of ketones is 1. The Hall–Kier alpha value is -0.340. The first kappa shape index (κ1) is 10.2. The van der Waals surface area contributed by atoms with Crippen LogP contribution in [0, 0.1) is 0 Å². The highest BCUT2D eigenvalue weighted by molar-refractivity contribution is 7.14. The largest absolute Gasteiger partial charge is 0.299 e. The summed E-state index contributed by atoms with van der Waals surface area (Å²) in [5, 5.41) is 1.97. The molecule has 1 nitrogen and oxygen atoms in total. The fourth-order valence-corrected chi connectivity index (χ4v) is 3.07. The number of carbonyl (C=O) groups excluding carboxylic acids is 1. The molecular weight excluding hydrogens is 216 g/mol. The molecule has 0 amide bonds. The molecule has 14 heavy (non-hydrogen) atoms. The number of thiophene rings is 1. The predicted molar refractivity (Wildman–Crippen MR) is 60.2 cm³/mol. The third-order valence-electron chi connectivity index (χ3n) is 2.83. The SMILES string of the molecule is O=C1CCCCCC1c1ccsc1Cl. The molecule has 0 aromatic carbocycles. The minimum absolute atomic E-state index is 0.0799. The van der Waals surface area contributed by atoms with Crippen molar-refractivity contribution in [2.45, 2.75) is 38.0 Å². The molecule has 0 spiro atoms. The van der Waals surface area contributed by atoms with Crippen molar-refractivity contribution >= 4 is 28.7 Å². The Bertz CT molecular complexity index is 332. The Morgan fingerprint density at radius 3 is 2.93 bits per heavy atom. The van der Waals surface area contributed by atoms with Gasteiger partial charge in [-0.1, -0.05) is 24.4 Å². The summed E-state index contributed by atoms with van der Waals surface area (Å²) >= 11 is 7.58. The van der Waals surface area contributed by atoms with Crippen molar-refractivity contribution in [1.29, 1.82) is 0 Å². The molecule has 1 heterocycles. The molecule has 1 saturated carbocycles. The van der Waals surface area contributed by atoms with Crippen molar-refractivity contribution in [2.24, 2.45) is 0 Å². The van der Waals surface area contributed by atoms with Crippen molar-refractivity contribution in [3.8, 4) is 0 Å². The van der Waals surface area contributed by atoms with Crippen molar-refractivity contribution in [3.63, 3.8) is 0 Å². The molecular formula is C11H13ClOS. The number of hydrogen-bond donors (Lipinski definition) is 0. The fourth-order valence-electron chi connectivity index (χ4n) is 2.04. The molecule has 1 aliphatic rings. The summed E-state index contributed by atoms with van der Waals surface area (Å²) in [6.07, 6.45) is 5.11. The summed E-state index contributed by atoms with van der Waals surface area (Å²) in [5.74, 6) is 0.457. The highest BCUT2D eigenvalue weighted by Gasteiger charge is 2.24. The van der Waals surface area contributed by atoms with Crippen molar-refractivity contribution in [3.05, 3.63) is 21.3 Å². The van der Waals surface area contributed by atoms with Gasteiger partial charge in [0.2, 0.25) is 0 Å². The van der Waals surface area contributed by atoms with E-state index in [1.807, 2.05) is 11.4 Å². The van der Waals surface area contributed by atoms with Crippen LogP contribution < -0.4 is 0 Å². The van der Waals surface area contributed by atoms with Gasteiger partial charge in [-0.05, 0) is 29.9 Å². The second kappa shape index (κ2) is 4.45. The van der Waals surface area contributed by atoms with Crippen LogP contribution in [0.3, 0.4) is 0 Å². The highest BCUT2D eigenvalue weighted by Crippen LogP contribution is 2.35. The van der Waals surface area contributed by atoms with E-state index in [0.29, 0.717) is 5.78 Å². The number of Topliss-reactive ketones (excluding diaryl/α,β-unsaturated/α-hetero) is 1. The van der Waals surface area contributed by atoms with E-state index >= 15 is 0 Å². The first-order valence-corrected chi connectivity index (χ1v) is 6.30. The van der Waals surface area contributed by atoms with Crippen LogP contribution in [0.25, 0.3) is 0 Å². The van der Waals surface area contributed by atoms with Crippen molar-refractivity contribution in [2.75, 3.05) is 0 Å². The average molecular weight is 229 g/mol. The van der Waals surface area contributed by atoms with Gasteiger partial charge in [-0.3, -0.25) is 4.79 Å². The van der Waals surface area contributed by atoms with Gasteiger partial charge in [0.1, 0.15) is 5.78 Å². The summed E-state index contributed by atoms with van der Waals surface area (Å²) in [6, 6.07) is 2.00. The lowest BCUT2D eigenvalue weighted by Crippen LogP contribution is -2.09. The van der Waals surface area contributed by atoms with Crippen LogP contribution in [0.2, 0.25) is 4.34 Å². The van der Waals surface area contributed by atoms with Crippen LogP contribution in [-0.4, -0.2) is 5.78 Å². The zero-order chi connectivity index (χ0) is 9.97. The summed E-state index contributed by atoms with van der Waals surface area (Å²) in [4.78, 5) is 11.8. The zero-order valence-corrected chi connectivity index (χ0v) is 9.53. The van der Waals surface area contributed by atoms with Gasteiger partial charge in [-0.2, -0.15) is 0 Å². The Kier molecular flexibility index (Phi) is 3.24. The molecule has 0 bridgehead atoms. The molecule has 0 aliphatic heterocycles. The van der Waals surface area contributed by atoms with Crippen LogP contribution in [0.15, 0.2) is 11.4 Å². The van der Waals surface area contributed by atoms with Crippen LogP contribution >= 0.6 is 22.9 Å². The lowest BCUT2D eigenvalue weighted by Gasteiger charge is -2.11. The van der Waals surface area contributed by atoms with Crippen molar-refractivity contribution < 1.29 is 4.79 Å². The number of rotatable bonds is 1. The van der Waals surface area contributed by atoms with E-state index in [-0.39, 0.29) is 5.92 Å². The van der Waals surface area contributed by atoms with E-state index < -0.39 is 0 Å². The molecule has 1 aromatic rings. The minimum Gasteiger partial charge on any atom is -0.299 e. The lowest BCUT2D eigenvalue weighted by molar-refractivity contribution is -0.120. The third kappa shape index (κ3) is 2.01. The molecule has 76 valence electrons. The number of halogens is 1. The quantitative estimate of drug-likeness (QED) is 0.664. The Morgan fingerprint density at radius 2 is 2.21 bits per heavy atom. The van der Waals surface area contributed by atoms with E-state index in [2.05, 4.69) is 0 Å². The Morgan fingerprint density at radius 1 is 1.36 bits per heavy atom. The molecule has 1 aliphatic carbocycles. The van der Waals surface area contributed by atoms with Gasteiger partial charge in [-0.15, -0.1) is 11.3 Å². The van der Waals surface area contributed by atoms with Gasteiger partial charge >= 0.3 is 0 Å². The standard InChI is InChI=1S/C11H13ClOS/c12-11-9(6-7-14-11)8-4-2-1-3-5-10(8)13/h6-8H,1-5H2. The molecule has 0 saturated heterocycles. The van der Waals surface area contributed by atoms with Crippen molar-refractivity contribution in [1.82, 2.24) is 0 Å². The molecule has 3 heteroatoms. The summed E-state index contributed by atoms with van der Waals surface area (Å²) in [7, 11) is 0. The van der Waals surface area contributed by atoms with Crippen LogP contribution in [0.1, 0.15) is 43.6 Å². The monoisotopic (exact) mass is 228 g/mol. The summed E-state index contributed by atoms with van der Waals surface area (Å²) < 4.78 is 0.797. The van der Waals surface area contributed by atoms with Gasteiger partial charge in [0.15, 0.2) is 0 Å². The Labute approximate surface area is 93.1 Å². The molecule has 1 atom stereocenters. The average Bonchev–Trinajstić information content (AvgIpc) is 2.46. The lowest BCUT2D eigenvalue weighted by atomic mass is 9.93. The van der Waals surface area contributed by atoms with Crippen LogP contribution in [0.5, 0.6) is 0 Å². The van der Waals surface area contributed by atoms with E-state index in [9.17, 15) is 4.79 Å². The summed E-state index contributed by atoms with van der Waals surface area (Å²) in [6.45, 7) is 0. The highest BCUT2D eigenvalue weighted by atomic mass is 35.5. The second-order valence-electron chi connectivity index (χ2n) is 3.77. The third-order valence-corrected chi connectivity index (χ3v) is 4.03. The maximum Gasteiger partial charge on any atom is 0.140 e. The molecule has 1 unspecified atom stereocenters. The maximum atomic E-state index is 11.8. The van der Waals surface area contributed by atoms with E-state index in [1.54, 1.807) is 0 Å². The first-order chi connectivity index (χ1) is 6.79. The Balaban J connectivity index is 2.23. The first-order valence-electron chi connectivity index (χ1n) is 5.04. The maximum absolute atomic E-state index is 11.8. The number of carbonyl (C=O) groups is 1. The minimum atomic E-state index is 0.0799. The smallest absolute Gasteiger partial charge is 0.140 e. The summed E-state index contributed by atoms with van der Waals surface area (Å²) in [5.41, 5.74) is 1.06. The van der Waals surface area contributed by atoms with Gasteiger partial charge in [0.25, 0.3) is 0 Å². The molecule has 0 radical (unpaired) electrons. The van der Waals surface area contributed by atoms with Crippen LogP contribution in [0.4, 0.5) is 0 Å². The van der Waals surface area contributed by atoms with E-state index in [1.165, 1.54) is 17.8 Å². The molecule has 1 aromatic heterocycles. The topological polar surface area (TPSA) is 17.1 Å². The van der Waals surface area contributed by atoms with Gasteiger partial charge in [0, 0.05) is 12.3 Å². The second-order valence-corrected chi connectivity index (χ2v) is 5.29. The van der Waals surface area contributed by atoms with Crippen LogP contribution in [-0.2, 0) is 4.79 Å².